The zero-order valence-corrected chi connectivity index (χ0v) is 12.4. The van der Waals surface area contributed by atoms with E-state index >= 15 is 0 Å². The molecule has 0 spiro atoms. The molecule has 2 rings (SSSR count). The number of aryl methyl sites for hydroxylation is 1. The molecule has 0 atom stereocenters. The highest BCUT2D eigenvalue weighted by Gasteiger charge is 2.22. The summed E-state index contributed by atoms with van der Waals surface area (Å²) in [6.07, 6.45) is -2.51. The fraction of sp³-hybridized carbons (Fsp3) is 0.222. The van der Waals surface area contributed by atoms with Crippen molar-refractivity contribution in [1.82, 2.24) is 0 Å². The molecule has 5 heteroatoms. The normalized spacial score (nSPS) is 12.1. The second-order valence-corrected chi connectivity index (χ2v) is 5.18. The van der Waals surface area contributed by atoms with E-state index in [2.05, 4.69) is 0 Å². The van der Waals surface area contributed by atoms with Crippen molar-refractivity contribution in [2.24, 2.45) is 0 Å². The highest BCUT2D eigenvalue weighted by atomic mass is 19.4. The molecule has 0 N–H and O–H groups in total. The first-order chi connectivity index (χ1) is 10.8. The molecule has 0 saturated heterocycles. The Balaban J connectivity index is 2.34. The Kier molecular flexibility index (Phi) is 5.19. The van der Waals surface area contributed by atoms with Crippen LogP contribution in [0, 0.1) is 11.6 Å². The highest BCUT2D eigenvalue weighted by molar-refractivity contribution is 5.67. The lowest BCUT2D eigenvalue weighted by Gasteiger charge is -2.07. The van der Waals surface area contributed by atoms with Crippen LogP contribution in [0.1, 0.15) is 24.5 Å². The summed E-state index contributed by atoms with van der Waals surface area (Å²) in [5.41, 5.74) is 1.30. The van der Waals surface area contributed by atoms with E-state index in [4.69, 9.17) is 0 Å². The Morgan fingerprint density at radius 2 is 1.48 bits per heavy atom. The first kappa shape index (κ1) is 17.2. The van der Waals surface area contributed by atoms with Crippen LogP contribution in [0.5, 0.6) is 0 Å². The van der Waals surface area contributed by atoms with E-state index in [1.54, 1.807) is 12.1 Å². The number of rotatable bonds is 4. The Hall–Kier alpha value is -2.17. The SMILES string of the molecule is CCCc1ccc(-c2cc(F)c(/C=C/C(F)(F)F)c(F)c2)cc1. The fourth-order valence-corrected chi connectivity index (χ4v) is 2.24. The summed E-state index contributed by atoms with van der Waals surface area (Å²) in [7, 11) is 0. The minimum absolute atomic E-state index is 0.187. The van der Waals surface area contributed by atoms with Crippen molar-refractivity contribution in [2.75, 3.05) is 0 Å². The van der Waals surface area contributed by atoms with Gasteiger partial charge in [-0.25, -0.2) is 8.78 Å². The maximum Gasteiger partial charge on any atom is 0.409 e. The lowest BCUT2D eigenvalue weighted by atomic mass is 10.0. The van der Waals surface area contributed by atoms with Gasteiger partial charge in [-0.15, -0.1) is 0 Å². The molecule has 0 aliphatic rings. The van der Waals surface area contributed by atoms with Crippen molar-refractivity contribution in [3.63, 3.8) is 0 Å². The van der Waals surface area contributed by atoms with E-state index in [9.17, 15) is 22.0 Å². The lowest BCUT2D eigenvalue weighted by molar-refractivity contribution is -0.0790. The van der Waals surface area contributed by atoms with Crippen LogP contribution in [0.2, 0.25) is 0 Å². The Morgan fingerprint density at radius 1 is 0.913 bits per heavy atom. The third kappa shape index (κ3) is 4.65. The maximum absolute atomic E-state index is 13.9. The van der Waals surface area contributed by atoms with Crippen LogP contribution >= 0.6 is 0 Å². The average Bonchev–Trinajstić information content (AvgIpc) is 2.46. The van der Waals surface area contributed by atoms with E-state index < -0.39 is 23.4 Å². The Labute approximate surface area is 131 Å². The minimum atomic E-state index is -4.62. The summed E-state index contributed by atoms with van der Waals surface area (Å²) in [5.74, 6) is -2.06. The van der Waals surface area contributed by atoms with Crippen LogP contribution in [-0.4, -0.2) is 6.18 Å². The van der Waals surface area contributed by atoms with E-state index in [-0.39, 0.29) is 11.6 Å². The third-order valence-electron chi connectivity index (χ3n) is 3.34. The molecule has 0 bridgehead atoms. The molecule has 0 unspecified atom stereocenters. The van der Waals surface area contributed by atoms with Gasteiger partial charge in [0, 0.05) is 11.6 Å². The van der Waals surface area contributed by atoms with Gasteiger partial charge in [-0.2, -0.15) is 13.2 Å². The minimum Gasteiger partial charge on any atom is -0.206 e. The zero-order chi connectivity index (χ0) is 17.0. The Bertz CT molecular complexity index is 673. The Morgan fingerprint density at radius 3 is 1.96 bits per heavy atom. The average molecular weight is 326 g/mol. The second kappa shape index (κ2) is 6.94. The van der Waals surface area contributed by atoms with E-state index in [1.165, 1.54) is 0 Å². The van der Waals surface area contributed by atoms with Gasteiger partial charge in [0.1, 0.15) is 11.6 Å². The number of alkyl halides is 3. The van der Waals surface area contributed by atoms with E-state index in [1.807, 2.05) is 19.1 Å². The van der Waals surface area contributed by atoms with Crippen molar-refractivity contribution in [3.05, 3.63) is 65.2 Å². The molecule has 122 valence electrons. The molecule has 0 heterocycles. The summed E-state index contributed by atoms with van der Waals surface area (Å²) < 4.78 is 64.2. The first-order valence-electron chi connectivity index (χ1n) is 7.14. The third-order valence-corrected chi connectivity index (χ3v) is 3.34. The van der Waals surface area contributed by atoms with E-state index in [0.29, 0.717) is 11.6 Å². The van der Waals surface area contributed by atoms with Crippen LogP contribution in [0.25, 0.3) is 17.2 Å². The van der Waals surface area contributed by atoms with Crippen LogP contribution in [0.4, 0.5) is 22.0 Å². The van der Waals surface area contributed by atoms with E-state index in [0.717, 1.165) is 30.5 Å². The summed E-state index contributed by atoms with van der Waals surface area (Å²) in [6.45, 7) is 2.05. The predicted molar refractivity (Wildman–Crippen MR) is 80.9 cm³/mol. The van der Waals surface area contributed by atoms with Gasteiger partial charge in [0.25, 0.3) is 0 Å². The summed E-state index contributed by atoms with van der Waals surface area (Å²) in [5, 5.41) is 0. The zero-order valence-electron chi connectivity index (χ0n) is 12.4. The van der Waals surface area contributed by atoms with Gasteiger partial charge in [0.2, 0.25) is 0 Å². The number of allylic oxidation sites excluding steroid dienone is 1. The van der Waals surface area contributed by atoms with Crippen molar-refractivity contribution in [1.29, 1.82) is 0 Å². The molecule has 0 nitrogen and oxygen atoms in total. The standard InChI is InChI=1S/C18H15F5/c1-2-3-12-4-6-13(7-5-12)14-10-16(19)15(17(20)11-14)8-9-18(21,22)23/h4-11H,2-3H2,1H3/b9-8+. The molecule has 2 aromatic rings. The fourth-order valence-electron chi connectivity index (χ4n) is 2.24. The lowest BCUT2D eigenvalue weighted by Crippen LogP contribution is -2.01. The highest BCUT2D eigenvalue weighted by Crippen LogP contribution is 2.27. The van der Waals surface area contributed by atoms with Crippen molar-refractivity contribution in [2.45, 2.75) is 25.9 Å². The number of hydrogen-bond acceptors (Lipinski definition) is 0. The molecule has 0 aliphatic heterocycles. The molecule has 2 aromatic carbocycles. The van der Waals surface area contributed by atoms with Gasteiger partial charge < -0.3 is 0 Å². The van der Waals surface area contributed by atoms with Gasteiger partial charge in [0.05, 0.1) is 0 Å². The molecule has 23 heavy (non-hydrogen) atoms. The first-order valence-corrected chi connectivity index (χ1v) is 7.14. The molecular weight excluding hydrogens is 311 g/mol. The summed E-state index contributed by atoms with van der Waals surface area (Å²) in [6, 6.07) is 9.29. The molecule has 0 amide bonds. The smallest absolute Gasteiger partial charge is 0.206 e. The number of benzene rings is 2. The molecule has 0 aliphatic carbocycles. The molecular formula is C18H15F5. The van der Waals surface area contributed by atoms with Gasteiger partial charge in [-0.3, -0.25) is 0 Å². The van der Waals surface area contributed by atoms with Gasteiger partial charge in [-0.1, -0.05) is 37.6 Å². The van der Waals surface area contributed by atoms with Crippen molar-refractivity contribution >= 4 is 6.08 Å². The molecule has 0 radical (unpaired) electrons. The molecule has 0 saturated carbocycles. The number of halogens is 5. The van der Waals surface area contributed by atoms with Crippen molar-refractivity contribution in [3.8, 4) is 11.1 Å². The van der Waals surface area contributed by atoms with Crippen molar-refractivity contribution < 1.29 is 22.0 Å². The van der Waals surface area contributed by atoms with Gasteiger partial charge in [0.15, 0.2) is 0 Å². The van der Waals surface area contributed by atoms with Crippen LogP contribution in [-0.2, 0) is 6.42 Å². The number of hydrogen-bond donors (Lipinski definition) is 0. The summed E-state index contributed by atoms with van der Waals surface area (Å²) >= 11 is 0. The monoisotopic (exact) mass is 326 g/mol. The maximum atomic E-state index is 13.9. The van der Waals surface area contributed by atoms with Crippen LogP contribution in [0.15, 0.2) is 42.5 Å². The van der Waals surface area contributed by atoms with Gasteiger partial charge >= 0.3 is 6.18 Å². The second-order valence-electron chi connectivity index (χ2n) is 5.18. The van der Waals surface area contributed by atoms with Gasteiger partial charge in [-0.05, 0) is 41.3 Å². The predicted octanol–water partition coefficient (Wildman–Crippen LogP) is 6.16. The summed E-state index contributed by atoms with van der Waals surface area (Å²) in [4.78, 5) is 0. The van der Waals surface area contributed by atoms with Crippen LogP contribution < -0.4 is 0 Å². The quantitative estimate of drug-likeness (QED) is 0.590. The topological polar surface area (TPSA) is 0 Å². The molecule has 0 aromatic heterocycles. The largest absolute Gasteiger partial charge is 0.409 e. The van der Waals surface area contributed by atoms with Crippen LogP contribution in [0.3, 0.4) is 0 Å². The molecule has 0 fully saturated rings.